The molecule has 1 amide bonds. The van der Waals surface area contributed by atoms with E-state index < -0.39 is 0 Å². The molecule has 1 fully saturated rings. The first kappa shape index (κ1) is 22.8. The van der Waals surface area contributed by atoms with Gasteiger partial charge in [0.1, 0.15) is 12.4 Å². The predicted molar refractivity (Wildman–Crippen MR) is 131 cm³/mol. The van der Waals surface area contributed by atoms with Crippen molar-refractivity contribution in [1.29, 1.82) is 0 Å². The number of hydrogen-bond acceptors (Lipinski definition) is 4. The number of carbonyl (C=O) groups is 1. The SMILES string of the molecule is CC1CCN(c2ccc(=O)n(CC(=O)NCCC(c3ccccc3)c3ccccc3)n2)CC1. The minimum absolute atomic E-state index is 0.0712. The third-order valence-electron chi connectivity index (χ3n) is 6.41. The van der Waals surface area contributed by atoms with E-state index in [0.717, 1.165) is 38.2 Å². The number of rotatable bonds is 8. The molecular formula is C27H32N4O2. The Bertz CT molecular complexity index is 1050. The van der Waals surface area contributed by atoms with Gasteiger partial charge < -0.3 is 10.2 Å². The maximum Gasteiger partial charge on any atom is 0.267 e. The number of aromatic nitrogens is 2. The maximum absolute atomic E-state index is 12.6. The number of anilines is 1. The van der Waals surface area contributed by atoms with Gasteiger partial charge in [-0.2, -0.15) is 5.10 Å². The Balaban J connectivity index is 1.37. The summed E-state index contributed by atoms with van der Waals surface area (Å²) in [6, 6.07) is 23.9. The molecule has 1 aliphatic rings. The third-order valence-corrected chi connectivity index (χ3v) is 6.41. The molecule has 6 nitrogen and oxygen atoms in total. The van der Waals surface area contributed by atoms with E-state index in [1.54, 1.807) is 6.07 Å². The lowest BCUT2D eigenvalue weighted by atomic mass is 9.88. The van der Waals surface area contributed by atoms with Crippen molar-refractivity contribution < 1.29 is 4.79 Å². The number of nitrogens with zero attached hydrogens (tertiary/aromatic N) is 3. The van der Waals surface area contributed by atoms with Gasteiger partial charge in [-0.3, -0.25) is 9.59 Å². The molecular weight excluding hydrogens is 412 g/mol. The molecule has 172 valence electrons. The average molecular weight is 445 g/mol. The van der Waals surface area contributed by atoms with Crippen LogP contribution in [0.4, 0.5) is 5.82 Å². The molecule has 1 aromatic heterocycles. The number of hydrogen-bond donors (Lipinski definition) is 1. The van der Waals surface area contributed by atoms with Crippen LogP contribution >= 0.6 is 0 Å². The summed E-state index contributed by atoms with van der Waals surface area (Å²) in [5.74, 6) is 1.48. The number of nitrogens with one attached hydrogen (secondary N) is 1. The summed E-state index contributed by atoms with van der Waals surface area (Å²) >= 11 is 0. The van der Waals surface area contributed by atoms with Crippen molar-refractivity contribution in [2.24, 2.45) is 5.92 Å². The summed E-state index contributed by atoms with van der Waals surface area (Å²) in [5, 5.41) is 7.45. The van der Waals surface area contributed by atoms with Crippen LogP contribution in [0.2, 0.25) is 0 Å². The first-order valence-electron chi connectivity index (χ1n) is 11.8. The summed E-state index contributed by atoms with van der Waals surface area (Å²) in [6.07, 6.45) is 3.00. The molecule has 0 bridgehead atoms. The maximum atomic E-state index is 12.6. The Hall–Kier alpha value is -3.41. The van der Waals surface area contributed by atoms with Gasteiger partial charge in [0.2, 0.25) is 5.91 Å². The first-order valence-corrected chi connectivity index (χ1v) is 11.8. The fourth-order valence-electron chi connectivity index (χ4n) is 4.40. The second-order valence-electron chi connectivity index (χ2n) is 8.87. The molecule has 0 atom stereocenters. The van der Waals surface area contributed by atoms with Crippen molar-refractivity contribution in [3.63, 3.8) is 0 Å². The molecule has 4 rings (SSSR count). The van der Waals surface area contributed by atoms with E-state index in [1.807, 2.05) is 36.4 Å². The molecule has 2 aromatic carbocycles. The van der Waals surface area contributed by atoms with Crippen molar-refractivity contribution in [2.75, 3.05) is 24.5 Å². The van der Waals surface area contributed by atoms with E-state index in [0.29, 0.717) is 12.5 Å². The van der Waals surface area contributed by atoms with Crippen LogP contribution in [0.1, 0.15) is 43.2 Å². The molecule has 0 aliphatic carbocycles. The number of carbonyl (C=O) groups excluding carboxylic acids is 1. The zero-order valence-electron chi connectivity index (χ0n) is 19.2. The highest BCUT2D eigenvalue weighted by molar-refractivity contribution is 5.75. The highest BCUT2D eigenvalue weighted by atomic mass is 16.2. The quantitative estimate of drug-likeness (QED) is 0.574. The monoisotopic (exact) mass is 444 g/mol. The number of amides is 1. The van der Waals surface area contributed by atoms with E-state index in [1.165, 1.54) is 21.9 Å². The van der Waals surface area contributed by atoms with Gasteiger partial charge >= 0.3 is 0 Å². The highest BCUT2D eigenvalue weighted by Crippen LogP contribution is 2.27. The fraction of sp³-hybridized carbons (Fsp3) is 0.370. The minimum Gasteiger partial charge on any atom is -0.355 e. The van der Waals surface area contributed by atoms with Gasteiger partial charge in [-0.05, 0) is 42.4 Å². The van der Waals surface area contributed by atoms with Crippen LogP contribution in [0.15, 0.2) is 77.6 Å². The van der Waals surface area contributed by atoms with Crippen LogP contribution < -0.4 is 15.8 Å². The van der Waals surface area contributed by atoms with Crippen molar-refractivity contribution in [3.8, 4) is 0 Å². The molecule has 0 saturated carbocycles. The molecule has 0 radical (unpaired) electrons. The lowest BCUT2D eigenvalue weighted by molar-refractivity contribution is -0.121. The Kier molecular flexibility index (Phi) is 7.55. The zero-order chi connectivity index (χ0) is 23.0. The van der Waals surface area contributed by atoms with Gasteiger partial charge in [0, 0.05) is 31.6 Å². The molecule has 1 saturated heterocycles. The minimum atomic E-state index is -0.259. The lowest BCUT2D eigenvalue weighted by Gasteiger charge is -2.31. The van der Waals surface area contributed by atoms with Crippen LogP contribution in [-0.2, 0) is 11.3 Å². The van der Waals surface area contributed by atoms with Crippen LogP contribution in [0.5, 0.6) is 0 Å². The Labute approximate surface area is 195 Å². The normalized spacial score (nSPS) is 14.4. The molecule has 2 heterocycles. The van der Waals surface area contributed by atoms with E-state index in [-0.39, 0.29) is 23.9 Å². The highest BCUT2D eigenvalue weighted by Gasteiger charge is 2.18. The first-order chi connectivity index (χ1) is 16.1. The smallest absolute Gasteiger partial charge is 0.267 e. The van der Waals surface area contributed by atoms with Crippen LogP contribution in [-0.4, -0.2) is 35.3 Å². The van der Waals surface area contributed by atoms with Crippen LogP contribution in [0.3, 0.4) is 0 Å². The average Bonchev–Trinajstić information content (AvgIpc) is 2.85. The molecule has 0 spiro atoms. The van der Waals surface area contributed by atoms with Gasteiger partial charge in [-0.1, -0.05) is 67.6 Å². The van der Waals surface area contributed by atoms with E-state index in [9.17, 15) is 9.59 Å². The van der Waals surface area contributed by atoms with Gasteiger partial charge in [0.25, 0.3) is 5.56 Å². The molecule has 3 aromatic rings. The molecule has 1 N–H and O–H groups in total. The Morgan fingerprint density at radius 2 is 1.58 bits per heavy atom. The summed E-state index contributed by atoms with van der Waals surface area (Å²) in [7, 11) is 0. The second kappa shape index (κ2) is 10.9. The largest absolute Gasteiger partial charge is 0.355 e. The van der Waals surface area contributed by atoms with Gasteiger partial charge in [0.05, 0.1) is 0 Å². The third kappa shape index (κ3) is 6.09. The van der Waals surface area contributed by atoms with Crippen molar-refractivity contribution in [1.82, 2.24) is 15.1 Å². The van der Waals surface area contributed by atoms with Gasteiger partial charge in [-0.15, -0.1) is 0 Å². The summed E-state index contributed by atoms with van der Waals surface area (Å²) in [6.45, 7) is 4.57. The molecule has 0 unspecified atom stereocenters. The molecule has 6 heteroatoms. The number of piperidine rings is 1. The van der Waals surface area contributed by atoms with E-state index >= 15 is 0 Å². The summed E-state index contributed by atoms with van der Waals surface area (Å²) in [4.78, 5) is 27.1. The lowest BCUT2D eigenvalue weighted by Crippen LogP contribution is -2.37. The second-order valence-corrected chi connectivity index (χ2v) is 8.87. The van der Waals surface area contributed by atoms with Crippen LogP contribution in [0, 0.1) is 5.92 Å². The summed E-state index contributed by atoms with van der Waals surface area (Å²) < 4.78 is 1.27. The topological polar surface area (TPSA) is 67.2 Å². The zero-order valence-corrected chi connectivity index (χ0v) is 19.2. The van der Waals surface area contributed by atoms with Crippen molar-refractivity contribution >= 4 is 11.7 Å². The predicted octanol–water partition coefficient (Wildman–Crippen LogP) is 3.82. The van der Waals surface area contributed by atoms with E-state index in [4.69, 9.17) is 0 Å². The standard InChI is InChI=1S/C27H32N4O2/c1-21-15-18-30(19-16-21)25-12-13-27(33)31(29-25)20-26(32)28-17-14-24(22-8-4-2-5-9-22)23-10-6-3-7-11-23/h2-13,21,24H,14-20H2,1H3,(H,28,32). The molecule has 33 heavy (non-hydrogen) atoms. The molecule has 1 aliphatic heterocycles. The van der Waals surface area contributed by atoms with Crippen molar-refractivity contribution in [3.05, 3.63) is 94.3 Å². The van der Waals surface area contributed by atoms with E-state index in [2.05, 4.69) is 46.5 Å². The number of benzene rings is 2. The Morgan fingerprint density at radius 3 is 2.18 bits per heavy atom. The van der Waals surface area contributed by atoms with Crippen LogP contribution in [0.25, 0.3) is 0 Å². The Morgan fingerprint density at radius 1 is 0.970 bits per heavy atom. The fourth-order valence-corrected chi connectivity index (χ4v) is 4.40. The van der Waals surface area contributed by atoms with Gasteiger partial charge in [-0.25, -0.2) is 4.68 Å². The summed E-state index contributed by atoms with van der Waals surface area (Å²) in [5.41, 5.74) is 2.18. The van der Waals surface area contributed by atoms with Gasteiger partial charge in [0.15, 0.2) is 0 Å². The van der Waals surface area contributed by atoms with Crippen molar-refractivity contribution in [2.45, 2.75) is 38.6 Å².